The van der Waals surface area contributed by atoms with E-state index in [0.717, 1.165) is 18.8 Å². The lowest BCUT2D eigenvalue weighted by atomic mass is 9.84. The number of morpholine rings is 1. The molecule has 3 aromatic heterocycles. The van der Waals surface area contributed by atoms with Crippen molar-refractivity contribution in [2.45, 2.75) is 110 Å². The van der Waals surface area contributed by atoms with E-state index in [2.05, 4.69) is 20.5 Å². The van der Waals surface area contributed by atoms with Crippen LogP contribution < -0.4 is 15.6 Å². The van der Waals surface area contributed by atoms with Gasteiger partial charge in [0.15, 0.2) is 0 Å². The van der Waals surface area contributed by atoms with Crippen LogP contribution in [-0.2, 0) is 43.2 Å². The molecular formula is C46H61F3N8O8S. The van der Waals surface area contributed by atoms with Crippen molar-refractivity contribution in [1.82, 2.24) is 35.2 Å². The van der Waals surface area contributed by atoms with Crippen molar-refractivity contribution >= 4 is 45.9 Å². The zero-order chi connectivity index (χ0) is 47.7. The van der Waals surface area contributed by atoms with Gasteiger partial charge in [-0.15, -0.1) is 11.3 Å². The summed E-state index contributed by atoms with van der Waals surface area (Å²) in [4.78, 5) is 53.1. The Morgan fingerprint density at radius 2 is 1.86 bits per heavy atom. The number of carbonyl (C=O) groups is 3. The van der Waals surface area contributed by atoms with E-state index in [1.807, 2.05) is 32.9 Å². The highest BCUT2D eigenvalue weighted by atomic mass is 32.1. The molecule has 0 unspecified atom stereocenters. The van der Waals surface area contributed by atoms with Gasteiger partial charge in [-0.2, -0.15) is 13.2 Å². The molecule has 66 heavy (non-hydrogen) atoms. The lowest BCUT2D eigenvalue weighted by Crippen LogP contribution is -2.60. The van der Waals surface area contributed by atoms with Crippen molar-refractivity contribution in [3.8, 4) is 22.5 Å². The number of aromatic nitrogens is 3. The number of alkyl carbamates (subject to hydrolysis) is 1. The molecule has 6 heterocycles. The van der Waals surface area contributed by atoms with Gasteiger partial charge in [-0.3, -0.25) is 24.5 Å². The number of halogens is 3. The van der Waals surface area contributed by atoms with Crippen LogP contribution in [0.3, 0.4) is 0 Å². The van der Waals surface area contributed by atoms with Gasteiger partial charge >= 0.3 is 18.2 Å². The second kappa shape index (κ2) is 19.8. The smallest absolute Gasteiger partial charge is 0.408 e. The predicted octanol–water partition coefficient (Wildman–Crippen LogP) is 6.19. The summed E-state index contributed by atoms with van der Waals surface area (Å²) in [6.45, 7) is 13.6. The van der Waals surface area contributed by atoms with Crippen molar-refractivity contribution in [3.63, 3.8) is 0 Å². The van der Waals surface area contributed by atoms with Crippen LogP contribution in [0.4, 0.5) is 23.7 Å². The summed E-state index contributed by atoms with van der Waals surface area (Å²) in [5.74, 6) is -1.67. The third kappa shape index (κ3) is 11.4. The number of aliphatic carboxylic acids is 1. The molecule has 16 nitrogen and oxygen atoms in total. The average molecular weight is 943 g/mol. The quantitative estimate of drug-likeness (QED) is 0.112. The Labute approximate surface area is 386 Å². The molecule has 3 fully saturated rings. The minimum Gasteiger partial charge on any atom is -0.480 e. The molecule has 3 aliphatic heterocycles. The van der Waals surface area contributed by atoms with Gasteiger partial charge in [0.1, 0.15) is 24.2 Å². The number of carboxylic acids is 1. The molecular weight excluding hydrogens is 882 g/mol. The number of hydrogen-bond donors (Lipinski definition) is 4. The lowest BCUT2D eigenvalue weighted by Gasteiger charge is -2.44. The number of anilines is 1. The van der Waals surface area contributed by atoms with Gasteiger partial charge in [-0.25, -0.2) is 15.2 Å². The number of methoxy groups -OCH3 is 1. The molecule has 0 saturated carbocycles. The summed E-state index contributed by atoms with van der Waals surface area (Å²) in [7, 11) is 1.53. The van der Waals surface area contributed by atoms with Crippen LogP contribution in [0, 0.1) is 5.41 Å². The molecule has 2 amide bonds. The first-order valence-corrected chi connectivity index (χ1v) is 23.2. The Bertz CT molecular complexity index is 2400. The number of amides is 2. The summed E-state index contributed by atoms with van der Waals surface area (Å²) in [5, 5.41) is 26.9. The van der Waals surface area contributed by atoms with Crippen LogP contribution in [0.15, 0.2) is 35.8 Å². The molecule has 3 aliphatic rings. The third-order valence-electron chi connectivity index (χ3n) is 12.3. The maximum absolute atomic E-state index is 14.8. The molecule has 4 aromatic rings. The summed E-state index contributed by atoms with van der Waals surface area (Å²) < 4.78 is 62.9. The molecule has 0 bridgehead atoms. The molecule has 360 valence electrons. The summed E-state index contributed by atoms with van der Waals surface area (Å²) in [6.07, 6.45) is -3.35. The first-order chi connectivity index (χ1) is 31.1. The van der Waals surface area contributed by atoms with Crippen LogP contribution in [0.5, 0.6) is 0 Å². The van der Waals surface area contributed by atoms with Crippen LogP contribution in [0.1, 0.15) is 76.8 Å². The number of thiazole rings is 1. The Morgan fingerprint density at radius 3 is 2.56 bits per heavy atom. The largest absolute Gasteiger partial charge is 0.480 e. The van der Waals surface area contributed by atoms with Crippen molar-refractivity contribution in [2.24, 2.45) is 5.41 Å². The van der Waals surface area contributed by atoms with Crippen molar-refractivity contribution in [1.29, 1.82) is 0 Å². The van der Waals surface area contributed by atoms with Gasteiger partial charge in [0, 0.05) is 80.3 Å². The first kappa shape index (κ1) is 49.1. The number of nitrogens with one attached hydrogen (secondary N) is 2. The molecule has 4 atom stereocenters. The molecule has 1 aromatic carbocycles. The maximum Gasteiger partial charge on any atom is 0.408 e. The number of aliphatic hydroxyl groups is 1. The molecule has 0 spiro atoms. The number of benzene rings is 1. The Kier molecular flexibility index (Phi) is 14.7. The topological polar surface area (TPSA) is 184 Å². The van der Waals surface area contributed by atoms with Gasteiger partial charge in [0.2, 0.25) is 0 Å². The van der Waals surface area contributed by atoms with E-state index in [1.54, 1.807) is 44.5 Å². The molecule has 0 radical (unpaired) electrons. The van der Waals surface area contributed by atoms with E-state index in [4.69, 9.17) is 24.2 Å². The first-order valence-electron chi connectivity index (χ1n) is 22.3. The lowest BCUT2D eigenvalue weighted by molar-refractivity contribution is -0.147. The highest BCUT2D eigenvalue weighted by molar-refractivity contribution is 7.10. The zero-order valence-corrected chi connectivity index (χ0v) is 39.4. The van der Waals surface area contributed by atoms with E-state index in [0.29, 0.717) is 88.8 Å². The molecule has 7 rings (SSSR count). The number of pyridine rings is 1. The monoisotopic (exact) mass is 942 g/mol. The van der Waals surface area contributed by atoms with E-state index in [9.17, 15) is 37.8 Å². The fourth-order valence-corrected chi connectivity index (χ4v) is 9.72. The SMILES string of the molecule is CO[C@@H](C)c1ncc(N2CCN3CCOC[C@@H]3C2)cc1-c1c(CC(C)(C)CO)c2cc(-c3csc(C[C@H](NC(=O)OC(C)(C)C)C(=O)N4CCC[C@@H](C(=O)O)N4)n3)ccc2n1CC(F)(F)F. The second-order valence-electron chi connectivity index (χ2n) is 19.2. The van der Waals surface area contributed by atoms with Gasteiger partial charge < -0.3 is 39.2 Å². The number of aliphatic hydroxyl groups excluding tert-OH is 1. The van der Waals surface area contributed by atoms with Crippen molar-refractivity contribution in [3.05, 3.63) is 52.1 Å². The van der Waals surface area contributed by atoms with E-state index in [1.165, 1.54) is 28.0 Å². The van der Waals surface area contributed by atoms with Gasteiger partial charge in [0.05, 0.1) is 59.3 Å². The number of hydrazine groups is 1. The minimum atomic E-state index is -4.61. The fraction of sp³-hybridized carbons (Fsp3) is 0.587. The summed E-state index contributed by atoms with van der Waals surface area (Å²) >= 11 is 1.24. The Hall–Kier alpha value is -4.86. The fourth-order valence-electron chi connectivity index (χ4n) is 8.86. The second-order valence-corrected chi connectivity index (χ2v) is 20.1. The van der Waals surface area contributed by atoms with Crippen molar-refractivity contribution in [2.75, 3.05) is 64.6 Å². The predicted molar refractivity (Wildman–Crippen MR) is 243 cm³/mol. The maximum atomic E-state index is 14.8. The number of rotatable bonds is 14. The van der Waals surface area contributed by atoms with E-state index in [-0.39, 0.29) is 32.0 Å². The number of ether oxygens (including phenoxy) is 3. The minimum absolute atomic E-state index is 0.0599. The molecule has 0 aliphatic carbocycles. The van der Waals surface area contributed by atoms with E-state index < -0.39 is 59.9 Å². The van der Waals surface area contributed by atoms with Gasteiger partial charge in [-0.1, -0.05) is 19.9 Å². The number of piperazine rings is 1. The molecule has 3 saturated heterocycles. The normalized spacial score (nSPS) is 19.7. The van der Waals surface area contributed by atoms with Gasteiger partial charge in [0.25, 0.3) is 5.91 Å². The third-order valence-corrected chi connectivity index (χ3v) is 13.1. The van der Waals surface area contributed by atoms with Crippen LogP contribution in [0.25, 0.3) is 33.4 Å². The number of fused-ring (bicyclic) bond motifs is 2. The number of alkyl halides is 3. The number of hydrogen-bond acceptors (Lipinski definition) is 13. The number of nitrogens with zero attached hydrogens (tertiary/aromatic N) is 6. The number of carboxylic acid groups (broad SMARTS) is 1. The van der Waals surface area contributed by atoms with E-state index >= 15 is 0 Å². The van der Waals surface area contributed by atoms with Crippen molar-refractivity contribution < 1.29 is 52.0 Å². The highest BCUT2D eigenvalue weighted by Crippen LogP contribution is 2.44. The zero-order valence-electron chi connectivity index (χ0n) is 38.5. The molecule has 4 N–H and O–H groups in total. The average Bonchev–Trinajstić information content (AvgIpc) is 3.85. The summed E-state index contributed by atoms with van der Waals surface area (Å²) in [5.41, 5.74) is 5.23. The van der Waals surface area contributed by atoms with Crippen LogP contribution in [-0.4, -0.2) is 142 Å². The number of carbonyl (C=O) groups excluding carboxylic acids is 2. The highest BCUT2D eigenvalue weighted by Gasteiger charge is 2.37. The summed E-state index contributed by atoms with van der Waals surface area (Å²) in [6, 6.07) is 5.12. The Balaban J connectivity index is 1.31. The molecule has 20 heteroatoms. The standard InChI is InChI=1S/C46H61F3N8O8S/c1-27(63-7)39-32(18-29(21-50-39)55-14-13-54-15-16-64-23-30(54)22-55)40-33(20-45(5,6)26-58)31-17-28(10-11-37(31)56(40)25-46(47,48)49)36-24-66-38(51-36)19-35(52-43(62)65-44(2,3)4)41(59)57-12-8-9-34(53-57)42(60)61/h10-11,17-18,21,24,27,30,34-35,53,58H,8-9,12-16,19-20,22-23,25-26H2,1-7H3,(H,52,62)(H,60,61)/t27-,30-,34-,35-/m0/s1. The Morgan fingerprint density at radius 1 is 1.09 bits per heavy atom. The van der Waals surface area contributed by atoms with Crippen LogP contribution in [0.2, 0.25) is 0 Å². The van der Waals surface area contributed by atoms with Gasteiger partial charge in [-0.05, 0) is 76.1 Å². The van der Waals surface area contributed by atoms with Crippen LogP contribution >= 0.6 is 11.3 Å².